The number of nitrogens with one attached hydrogen (secondary N) is 2. The van der Waals surface area contributed by atoms with E-state index in [0.717, 1.165) is 10.4 Å². The van der Waals surface area contributed by atoms with Crippen molar-refractivity contribution in [1.29, 1.82) is 0 Å². The molecule has 126 valence electrons. The monoisotopic (exact) mass is 347 g/mol. The van der Waals surface area contributed by atoms with Gasteiger partial charge in [-0.1, -0.05) is 0 Å². The molecule has 7 nitrogen and oxygen atoms in total. The van der Waals surface area contributed by atoms with Crippen LogP contribution in [0.25, 0.3) is 0 Å². The van der Waals surface area contributed by atoms with E-state index in [-0.39, 0.29) is 0 Å². The topological polar surface area (TPSA) is 89.0 Å². The summed E-state index contributed by atoms with van der Waals surface area (Å²) in [6.07, 6.45) is 1.50. The van der Waals surface area contributed by atoms with Gasteiger partial charge in [0, 0.05) is 10.9 Å². The van der Waals surface area contributed by atoms with Crippen molar-refractivity contribution in [2.75, 3.05) is 19.5 Å². The second-order valence-corrected chi connectivity index (χ2v) is 5.64. The van der Waals surface area contributed by atoms with Crippen molar-refractivity contribution in [3.05, 3.63) is 40.1 Å². The summed E-state index contributed by atoms with van der Waals surface area (Å²) in [6.45, 7) is 1.93. The molecule has 8 heteroatoms. The van der Waals surface area contributed by atoms with Crippen LogP contribution in [-0.2, 0) is 9.59 Å². The molecule has 0 saturated carbocycles. The van der Waals surface area contributed by atoms with Gasteiger partial charge in [-0.05, 0) is 36.1 Å². The van der Waals surface area contributed by atoms with Crippen LogP contribution in [0.4, 0.5) is 5.69 Å². The van der Waals surface area contributed by atoms with Gasteiger partial charge in [0.25, 0.3) is 0 Å². The van der Waals surface area contributed by atoms with Crippen LogP contribution >= 0.6 is 11.3 Å². The Bertz CT molecular complexity index is 770. The lowest BCUT2D eigenvalue weighted by molar-refractivity contribution is -0.136. The van der Waals surface area contributed by atoms with E-state index in [1.165, 1.54) is 31.8 Å². The summed E-state index contributed by atoms with van der Waals surface area (Å²) in [5, 5.41) is 8.16. The van der Waals surface area contributed by atoms with Crippen molar-refractivity contribution in [1.82, 2.24) is 5.43 Å². The molecule has 24 heavy (non-hydrogen) atoms. The van der Waals surface area contributed by atoms with E-state index in [4.69, 9.17) is 9.47 Å². The van der Waals surface area contributed by atoms with Gasteiger partial charge in [-0.3, -0.25) is 9.59 Å². The highest BCUT2D eigenvalue weighted by Gasteiger charge is 2.16. The summed E-state index contributed by atoms with van der Waals surface area (Å²) < 4.78 is 10.2. The van der Waals surface area contributed by atoms with Gasteiger partial charge < -0.3 is 14.8 Å². The fraction of sp³-hybridized carbons (Fsp3) is 0.188. The Balaban J connectivity index is 2.00. The van der Waals surface area contributed by atoms with Gasteiger partial charge in [0.2, 0.25) is 0 Å². The largest absolute Gasteiger partial charge is 0.497 e. The molecule has 0 fully saturated rings. The zero-order chi connectivity index (χ0) is 17.5. The van der Waals surface area contributed by atoms with Crippen molar-refractivity contribution >= 4 is 35.1 Å². The van der Waals surface area contributed by atoms with E-state index >= 15 is 0 Å². The van der Waals surface area contributed by atoms with Crippen LogP contribution in [-0.4, -0.2) is 32.2 Å². The Hall–Kier alpha value is -2.87. The number of aryl methyl sites for hydroxylation is 1. The smallest absolute Gasteiger partial charge is 0.329 e. The first-order valence-electron chi connectivity index (χ1n) is 6.95. The molecular weight excluding hydrogens is 330 g/mol. The molecule has 0 saturated heterocycles. The number of hydrazone groups is 1. The van der Waals surface area contributed by atoms with E-state index < -0.39 is 11.8 Å². The predicted molar refractivity (Wildman–Crippen MR) is 93.0 cm³/mol. The molecule has 1 heterocycles. The minimum Gasteiger partial charge on any atom is -0.497 e. The first kappa shape index (κ1) is 17.5. The minimum atomic E-state index is -0.884. The molecule has 0 unspecified atom stereocenters. The first-order chi connectivity index (χ1) is 11.5. The quantitative estimate of drug-likeness (QED) is 0.493. The summed E-state index contributed by atoms with van der Waals surface area (Å²) >= 11 is 1.49. The van der Waals surface area contributed by atoms with Crippen molar-refractivity contribution in [2.45, 2.75) is 6.92 Å². The molecule has 0 bridgehead atoms. The Kier molecular flexibility index (Phi) is 5.91. The molecule has 2 amide bonds. The third kappa shape index (κ3) is 4.32. The zero-order valence-corrected chi connectivity index (χ0v) is 14.3. The summed E-state index contributed by atoms with van der Waals surface area (Å²) in [5.41, 5.74) is 3.56. The van der Waals surface area contributed by atoms with Crippen LogP contribution in [0.1, 0.15) is 10.4 Å². The molecule has 0 atom stereocenters. The minimum absolute atomic E-state index is 0.329. The van der Waals surface area contributed by atoms with Crippen LogP contribution in [0.2, 0.25) is 0 Å². The van der Waals surface area contributed by atoms with Crippen LogP contribution in [0.15, 0.2) is 34.7 Å². The maximum Gasteiger partial charge on any atom is 0.329 e. The van der Waals surface area contributed by atoms with Gasteiger partial charge in [-0.2, -0.15) is 5.10 Å². The molecule has 0 radical (unpaired) electrons. The fourth-order valence-electron chi connectivity index (χ4n) is 1.81. The van der Waals surface area contributed by atoms with E-state index in [1.807, 2.05) is 18.4 Å². The Morgan fingerprint density at radius 1 is 1.17 bits per heavy atom. The molecule has 1 aromatic heterocycles. The maximum atomic E-state index is 11.9. The number of methoxy groups -OCH3 is 2. The number of nitrogens with zero attached hydrogens (tertiary/aromatic N) is 1. The van der Waals surface area contributed by atoms with Crippen molar-refractivity contribution in [3.8, 4) is 11.5 Å². The predicted octanol–water partition coefficient (Wildman–Crippen LogP) is 2.16. The number of thiophene rings is 1. The normalized spacial score (nSPS) is 10.5. The standard InChI is InChI=1S/C16H17N3O4S/c1-10-6-7-24-14(10)9-17-19-16(21)15(20)18-12-8-11(22-2)4-5-13(12)23-3/h4-9H,1-3H3,(H,18,20)(H,19,21)/b17-9+. The molecule has 0 spiro atoms. The summed E-state index contributed by atoms with van der Waals surface area (Å²) in [7, 11) is 2.96. The number of hydrogen-bond donors (Lipinski definition) is 2. The van der Waals surface area contributed by atoms with Gasteiger partial charge in [0.15, 0.2) is 0 Å². The Morgan fingerprint density at radius 2 is 1.96 bits per heavy atom. The number of carbonyl (C=O) groups is 2. The third-order valence-electron chi connectivity index (χ3n) is 3.11. The van der Waals surface area contributed by atoms with Gasteiger partial charge in [0.1, 0.15) is 11.5 Å². The second-order valence-electron chi connectivity index (χ2n) is 4.69. The number of benzene rings is 1. The number of amides is 2. The van der Waals surface area contributed by atoms with Gasteiger partial charge in [-0.15, -0.1) is 11.3 Å². The highest BCUT2D eigenvalue weighted by Crippen LogP contribution is 2.28. The van der Waals surface area contributed by atoms with E-state index in [2.05, 4.69) is 15.8 Å². The average Bonchev–Trinajstić information content (AvgIpc) is 2.99. The number of carbonyl (C=O) groups excluding carboxylic acids is 2. The van der Waals surface area contributed by atoms with Crippen LogP contribution in [0.5, 0.6) is 11.5 Å². The molecule has 2 rings (SSSR count). The van der Waals surface area contributed by atoms with Gasteiger partial charge >= 0.3 is 11.8 Å². The number of hydrogen-bond acceptors (Lipinski definition) is 6. The highest BCUT2D eigenvalue weighted by molar-refractivity contribution is 7.11. The number of rotatable bonds is 5. The van der Waals surface area contributed by atoms with Crippen molar-refractivity contribution < 1.29 is 19.1 Å². The van der Waals surface area contributed by atoms with Crippen LogP contribution < -0.4 is 20.2 Å². The molecular formula is C16H17N3O4S. The van der Waals surface area contributed by atoms with Crippen molar-refractivity contribution in [3.63, 3.8) is 0 Å². The Morgan fingerprint density at radius 3 is 2.58 bits per heavy atom. The summed E-state index contributed by atoms with van der Waals surface area (Å²) in [6, 6.07) is 6.81. The van der Waals surface area contributed by atoms with Crippen LogP contribution in [0, 0.1) is 6.92 Å². The molecule has 1 aromatic carbocycles. The van der Waals surface area contributed by atoms with Crippen molar-refractivity contribution in [2.24, 2.45) is 5.10 Å². The van der Waals surface area contributed by atoms with Gasteiger partial charge in [-0.25, -0.2) is 5.43 Å². The fourth-order valence-corrected chi connectivity index (χ4v) is 2.59. The lowest BCUT2D eigenvalue weighted by Crippen LogP contribution is -2.32. The lowest BCUT2D eigenvalue weighted by Gasteiger charge is -2.11. The van der Waals surface area contributed by atoms with E-state index in [1.54, 1.807) is 18.2 Å². The SMILES string of the molecule is COc1ccc(OC)c(NC(=O)C(=O)N/N=C/c2sccc2C)c1. The summed E-state index contributed by atoms with van der Waals surface area (Å²) in [5.74, 6) is -0.806. The summed E-state index contributed by atoms with van der Waals surface area (Å²) in [4.78, 5) is 24.7. The van der Waals surface area contributed by atoms with Crippen LogP contribution in [0.3, 0.4) is 0 Å². The number of ether oxygens (including phenoxy) is 2. The molecule has 0 aliphatic carbocycles. The number of anilines is 1. The molecule has 2 N–H and O–H groups in total. The highest BCUT2D eigenvalue weighted by atomic mass is 32.1. The second kappa shape index (κ2) is 8.11. The van der Waals surface area contributed by atoms with E-state index in [9.17, 15) is 9.59 Å². The molecule has 0 aliphatic rings. The first-order valence-corrected chi connectivity index (χ1v) is 7.83. The van der Waals surface area contributed by atoms with Gasteiger partial charge in [0.05, 0.1) is 26.1 Å². The Labute approximate surface area is 143 Å². The zero-order valence-electron chi connectivity index (χ0n) is 13.5. The van der Waals surface area contributed by atoms with E-state index in [0.29, 0.717) is 17.2 Å². The average molecular weight is 347 g/mol. The third-order valence-corrected chi connectivity index (χ3v) is 4.06. The molecule has 0 aliphatic heterocycles. The lowest BCUT2D eigenvalue weighted by atomic mass is 10.2. The molecule has 2 aromatic rings. The maximum absolute atomic E-state index is 11.9.